The molecule has 0 amide bonds. The van der Waals surface area contributed by atoms with Crippen LogP contribution in [0.15, 0.2) is 56.8 Å². The molecule has 0 N–H and O–H groups in total. The van der Waals surface area contributed by atoms with Gasteiger partial charge in [0, 0.05) is 23.4 Å². The number of nitrogens with zero attached hydrogens (tertiary/aromatic N) is 2. The minimum absolute atomic E-state index is 0.116. The fraction of sp³-hybridized carbons (Fsp3) is 0. The summed E-state index contributed by atoms with van der Waals surface area (Å²) in [4.78, 5) is 12.8. The van der Waals surface area contributed by atoms with Gasteiger partial charge in [0.15, 0.2) is 5.43 Å². The van der Waals surface area contributed by atoms with Gasteiger partial charge in [-0.1, -0.05) is 0 Å². The standard InChI is InChI=1S/C12H7ClN2O2S/c13-18-8-2-3-11-9(6-8)10(16)7-12(17-11)15-5-1-4-14-15/h1-7H. The number of fused-ring (bicyclic) bond motifs is 1. The molecule has 90 valence electrons. The van der Waals surface area contributed by atoms with E-state index in [1.54, 1.807) is 36.7 Å². The van der Waals surface area contributed by atoms with Crippen molar-refractivity contribution in [2.24, 2.45) is 0 Å². The zero-order valence-corrected chi connectivity index (χ0v) is 10.6. The SMILES string of the molecule is O=c1cc(-n2cccn2)oc2ccc(SCl)cc12. The molecule has 0 radical (unpaired) electrons. The van der Waals surface area contributed by atoms with Crippen molar-refractivity contribution in [1.29, 1.82) is 0 Å². The van der Waals surface area contributed by atoms with Crippen molar-refractivity contribution in [2.75, 3.05) is 0 Å². The molecule has 0 aliphatic heterocycles. The van der Waals surface area contributed by atoms with Crippen LogP contribution in [0.3, 0.4) is 0 Å². The Labute approximate surface area is 111 Å². The van der Waals surface area contributed by atoms with Gasteiger partial charge in [0.2, 0.25) is 5.88 Å². The highest BCUT2D eigenvalue weighted by Crippen LogP contribution is 2.25. The molecule has 3 rings (SSSR count). The molecule has 0 aliphatic carbocycles. The van der Waals surface area contributed by atoms with Crippen molar-refractivity contribution in [3.8, 4) is 5.88 Å². The van der Waals surface area contributed by atoms with E-state index in [9.17, 15) is 4.79 Å². The minimum atomic E-state index is -0.116. The third-order valence-corrected chi connectivity index (χ3v) is 3.47. The summed E-state index contributed by atoms with van der Waals surface area (Å²) in [6.07, 6.45) is 3.34. The molecule has 1 aromatic carbocycles. The monoisotopic (exact) mass is 278 g/mol. The minimum Gasteiger partial charge on any atom is -0.438 e. The molecule has 0 fully saturated rings. The van der Waals surface area contributed by atoms with Crippen LogP contribution in [0.4, 0.5) is 0 Å². The second kappa shape index (κ2) is 4.51. The summed E-state index contributed by atoms with van der Waals surface area (Å²) in [7, 11) is 6.73. The van der Waals surface area contributed by atoms with Crippen LogP contribution < -0.4 is 5.43 Å². The van der Waals surface area contributed by atoms with Gasteiger partial charge in [-0.05, 0) is 45.9 Å². The maximum atomic E-state index is 12.0. The van der Waals surface area contributed by atoms with Crippen LogP contribution in [0.2, 0.25) is 0 Å². The first-order valence-electron chi connectivity index (χ1n) is 5.14. The Kier molecular flexibility index (Phi) is 2.85. The van der Waals surface area contributed by atoms with Gasteiger partial charge < -0.3 is 4.42 Å². The van der Waals surface area contributed by atoms with E-state index in [2.05, 4.69) is 5.10 Å². The first-order valence-corrected chi connectivity index (χ1v) is 6.79. The third-order valence-electron chi connectivity index (χ3n) is 2.50. The number of halogens is 1. The Bertz CT molecular complexity index is 752. The molecule has 4 nitrogen and oxygen atoms in total. The van der Waals surface area contributed by atoms with Crippen LogP contribution in [0.25, 0.3) is 16.9 Å². The lowest BCUT2D eigenvalue weighted by Gasteiger charge is -2.03. The largest absolute Gasteiger partial charge is 0.438 e. The van der Waals surface area contributed by atoms with Crippen LogP contribution in [0.5, 0.6) is 0 Å². The Hall–Kier alpha value is -1.72. The van der Waals surface area contributed by atoms with E-state index >= 15 is 0 Å². The predicted octanol–water partition coefficient (Wildman–Crippen LogP) is 3.22. The molecule has 0 atom stereocenters. The third kappa shape index (κ3) is 1.91. The quantitative estimate of drug-likeness (QED) is 0.722. The van der Waals surface area contributed by atoms with Gasteiger partial charge in [-0.3, -0.25) is 4.79 Å². The van der Waals surface area contributed by atoms with Crippen LogP contribution in [-0.2, 0) is 0 Å². The van der Waals surface area contributed by atoms with Crippen molar-refractivity contribution in [3.63, 3.8) is 0 Å². The Morgan fingerprint density at radius 3 is 2.94 bits per heavy atom. The van der Waals surface area contributed by atoms with Gasteiger partial charge >= 0.3 is 0 Å². The molecule has 0 saturated heterocycles. The van der Waals surface area contributed by atoms with Gasteiger partial charge in [-0.15, -0.1) is 0 Å². The van der Waals surface area contributed by atoms with E-state index in [-0.39, 0.29) is 5.43 Å². The lowest BCUT2D eigenvalue weighted by molar-refractivity contribution is 0.547. The van der Waals surface area contributed by atoms with Crippen LogP contribution >= 0.6 is 21.7 Å². The molecule has 6 heteroatoms. The lowest BCUT2D eigenvalue weighted by Crippen LogP contribution is -2.04. The summed E-state index contributed by atoms with van der Waals surface area (Å²) < 4.78 is 7.14. The maximum absolute atomic E-state index is 12.0. The van der Waals surface area contributed by atoms with Crippen LogP contribution in [-0.4, -0.2) is 9.78 Å². The van der Waals surface area contributed by atoms with E-state index in [4.69, 9.17) is 15.1 Å². The molecular formula is C12H7ClN2O2S. The average Bonchev–Trinajstić information content (AvgIpc) is 2.92. The number of rotatable bonds is 2. The summed E-state index contributed by atoms with van der Waals surface area (Å²) in [6, 6.07) is 8.42. The molecule has 0 bridgehead atoms. The van der Waals surface area contributed by atoms with E-state index in [0.717, 1.165) is 15.9 Å². The molecule has 18 heavy (non-hydrogen) atoms. The lowest BCUT2D eigenvalue weighted by atomic mass is 10.2. The van der Waals surface area contributed by atoms with Crippen molar-refractivity contribution in [2.45, 2.75) is 4.90 Å². The van der Waals surface area contributed by atoms with E-state index < -0.39 is 0 Å². The van der Waals surface area contributed by atoms with Crippen molar-refractivity contribution >= 4 is 32.6 Å². The Morgan fingerprint density at radius 1 is 1.33 bits per heavy atom. The van der Waals surface area contributed by atoms with Crippen molar-refractivity contribution < 1.29 is 4.42 Å². The van der Waals surface area contributed by atoms with E-state index in [0.29, 0.717) is 16.9 Å². The highest BCUT2D eigenvalue weighted by molar-refractivity contribution is 8.21. The number of hydrogen-bond acceptors (Lipinski definition) is 4. The topological polar surface area (TPSA) is 48.0 Å². The van der Waals surface area contributed by atoms with E-state index in [1.807, 2.05) is 0 Å². The van der Waals surface area contributed by atoms with Crippen LogP contribution in [0, 0.1) is 0 Å². The smallest absolute Gasteiger partial charge is 0.224 e. The molecule has 2 aromatic heterocycles. The average molecular weight is 279 g/mol. The highest BCUT2D eigenvalue weighted by Gasteiger charge is 2.07. The van der Waals surface area contributed by atoms with Gasteiger partial charge in [0.25, 0.3) is 0 Å². The molecule has 0 saturated carbocycles. The summed E-state index contributed by atoms with van der Waals surface area (Å²) >= 11 is 0. The Morgan fingerprint density at radius 2 is 2.22 bits per heavy atom. The van der Waals surface area contributed by atoms with Crippen LogP contribution in [0.1, 0.15) is 0 Å². The molecule has 3 aromatic rings. The van der Waals surface area contributed by atoms with Crippen molar-refractivity contribution in [1.82, 2.24) is 9.78 Å². The Balaban J connectivity index is 2.26. The van der Waals surface area contributed by atoms with E-state index in [1.165, 1.54) is 10.7 Å². The van der Waals surface area contributed by atoms with Gasteiger partial charge in [0.1, 0.15) is 5.58 Å². The zero-order valence-electron chi connectivity index (χ0n) is 9.04. The predicted molar refractivity (Wildman–Crippen MR) is 71.3 cm³/mol. The first kappa shape index (κ1) is 11.4. The molecular weight excluding hydrogens is 272 g/mol. The molecule has 2 heterocycles. The molecule has 0 unspecified atom stereocenters. The number of benzene rings is 1. The summed E-state index contributed by atoms with van der Waals surface area (Å²) in [5, 5.41) is 4.54. The second-order valence-electron chi connectivity index (χ2n) is 3.63. The highest BCUT2D eigenvalue weighted by atomic mass is 35.7. The molecule has 0 aliphatic rings. The second-order valence-corrected chi connectivity index (χ2v) is 4.72. The van der Waals surface area contributed by atoms with Gasteiger partial charge in [0.05, 0.1) is 5.39 Å². The summed E-state index contributed by atoms with van der Waals surface area (Å²) in [5.74, 6) is 0.392. The fourth-order valence-electron chi connectivity index (χ4n) is 1.68. The fourth-order valence-corrected chi connectivity index (χ4v) is 2.25. The zero-order chi connectivity index (χ0) is 12.5. The normalized spacial score (nSPS) is 10.9. The number of hydrogen-bond donors (Lipinski definition) is 0. The maximum Gasteiger partial charge on any atom is 0.224 e. The summed E-state index contributed by atoms with van der Waals surface area (Å²) in [6.45, 7) is 0. The number of aromatic nitrogens is 2. The molecule has 0 spiro atoms. The summed E-state index contributed by atoms with van der Waals surface area (Å²) in [5.41, 5.74) is 0.400. The van der Waals surface area contributed by atoms with Gasteiger partial charge in [-0.2, -0.15) is 5.10 Å². The van der Waals surface area contributed by atoms with Crippen molar-refractivity contribution in [3.05, 3.63) is 52.9 Å². The first-order chi connectivity index (χ1) is 8.78. The van der Waals surface area contributed by atoms with Gasteiger partial charge in [-0.25, -0.2) is 4.68 Å².